The van der Waals surface area contributed by atoms with E-state index in [1.807, 2.05) is 24.3 Å². The Hall–Kier alpha value is -2.13. The van der Waals surface area contributed by atoms with E-state index in [1.165, 1.54) is 5.56 Å². The number of nitrogens with zero attached hydrogens (tertiary/aromatic N) is 1. The van der Waals surface area contributed by atoms with Gasteiger partial charge in [-0.05, 0) is 17.2 Å². The van der Waals surface area contributed by atoms with Crippen LogP contribution in [-0.2, 0) is 17.7 Å². The molecule has 0 saturated carbocycles. The molecule has 2 heterocycles. The van der Waals surface area contributed by atoms with Crippen LogP contribution in [0.2, 0.25) is 0 Å². The van der Waals surface area contributed by atoms with Gasteiger partial charge in [-0.3, -0.25) is 4.90 Å². The standard InChI is InChI=1S/C20H21NO2/c22-19-18-9-5-4-8-17(18)14-20(23-19)10-12-21(13-11-20)15-16-6-2-1-3-7-16/h1-9H,10-15H2. The van der Waals surface area contributed by atoms with E-state index in [0.29, 0.717) is 0 Å². The van der Waals surface area contributed by atoms with Gasteiger partial charge in [-0.15, -0.1) is 0 Å². The van der Waals surface area contributed by atoms with E-state index in [9.17, 15) is 4.79 Å². The molecule has 1 spiro atoms. The zero-order valence-electron chi connectivity index (χ0n) is 13.2. The van der Waals surface area contributed by atoms with Crippen LogP contribution in [0.15, 0.2) is 54.6 Å². The van der Waals surface area contributed by atoms with Crippen molar-refractivity contribution in [2.75, 3.05) is 13.1 Å². The van der Waals surface area contributed by atoms with Gasteiger partial charge >= 0.3 is 5.97 Å². The van der Waals surface area contributed by atoms with Gasteiger partial charge in [0.05, 0.1) is 5.56 Å². The van der Waals surface area contributed by atoms with E-state index in [4.69, 9.17) is 4.74 Å². The van der Waals surface area contributed by atoms with Crippen molar-refractivity contribution in [3.8, 4) is 0 Å². The molecule has 2 aliphatic heterocycles. The molecular weight excluding hydrogens is 286 g/mol. The molecule has 0 unspecified atom stereocenters. The first-order chi connectivity index (χ1) is 11.2. The Balaban J connectivity index is 1.44. The van der Waals surface area contributed by atoms with Crippen LogP contribution in [-0.4, -0.2) is 29.6 Å². The molecule has 2 aromatic carbocycles. The van der Waals surface area contributed by atoms with Crippen LogP contribution in [0.5, 0.6) is 0 Å². The maximum absolute atomic E-state index is 12.3. The molecule has 118 valence electrons. The summed E-state index contributed by atoms with van der Waals surface area (Å²) in [6.45, 7) is 2.93. The summed E-state index contributed by atoms with van der Waals surface area (Å²) in [6, 6.07) is 18.4. The van der Waals surface area contributed by atoms with Crippen LogP contribution in [0.4, 0.5) is 0 Å². The SMILES string of the molecule is O=C1OC2(CCN(Cc3ccccc3)CC2)Cc2ccccc21. The smallest absolute Gasteiger partial charge is 0.338 e. The molecule has 23 heavy (non-hydrogen) atoms. The number of hydrogen-bond donors (Lipinski definition) is 0. The topological polar surface area (TPSA) is 29.5 Å². The summed E-state index contributed by atoms with van der Waals surface area (Å²) in [5.74, 6) is -0.150. The molecule has 0 aromatic heterocycles. The van der Waals surface area contributed by atoms with Crippen molar-refractivity contribution in [3.63, 3.8) is 0 Å². The average Bonchev–Trinajstić information content (AvgIpc) is 2.58. The van der Waals surface area contributed by atoms with Gasteiger partial charge in [0.2, 0.25) is 0 Å². The summed E-state index contributed by atoms with van der Waals surface area (Å²) in [5, 5.41) is 0. The number of benzene rings is 2. The molecule has 0 atom stereocenters. The molecule has 1 fully saturated rings. The number of esters is 1. The largest absolute Gasteiger partial charge is 0.455 e. The van der Waals surface area contributed by atoms with Gasteiger partial charge in [0.25, 0.3) is 0 Å². The predicted molar refractivity (Wildman–Crippen MR) is 89.2 cm³/mol. The van der Waals surface area contributed by atoms with Gasteiger partial charge in [0, 0.05) is 38.9 Å². The Bertz CT molecular complexity index is 703. The van der Waals surface area contributed by atoms with Crippen molar-refractivity contribution in [1.82, 2.24) is 4.90 Å². The Morgan fingerprint density at radius 2 is 1.65 bits per heavy atom. The first-order valence-corrected chi connectivity index (χ1v) is 8.32. The van der Waals surface area contributed by atoms with Gasteiger partial charge in [0.15, 0.2) is 0 Å². The van der Waals surface area contributed by atoms with Crippen molar-refractivity contribution >= 4 is 5.97 Å². The van der Waals surface area contributed by atoms with Crippen molar-refractivity contribution < 1.29 is 9.53 Å². The average molecular weight is 307 g/mol. The molecule has 0 amide bonds. The minimum absolute atomic E-state index is 0.150. The fourth-order valence-electron chi connectivity index (χ4n) is 3.75. The molecule has 2 aliphatic rings. The van der Waals surface area contributed by atoms with E-state index in [1.54, 1.807) is 0 Å². The second kappa shape index (κ2) is 5.82. The molecule has 3 nitrogen and oxygen atoms in total. The van der Waals surface area contributed by atoms with Crippen LogP contribution in [0.25, 0.3) is 0 Å². The molecule has 3 heteroatoms. The highest BCUT2D eigenvalue weighted by Crippen LogP contribution is 2.36. The van der Waals surface area contributed by atoms with Crippen molar-refractivity contribution in [2.45, 2.75) is 31.4 Å². The first kappa shape index (κ1) is 14.5. The first-order valence-electron chi connectivity index (χ1n) is 8.32. The highest BCUT2D eigenvalue weighted by Gasteiger charge is 2.42. The number of carbonyl (C=O) groups is 1. The maximum atomic E-state index is 12.3. The van der Waals surface area contributed by atoms with Crippen LogP contribution < -0.4 is 0 Å². The number of ether oxygens (including phenoxy) is 1. The summed E-state index contributed by atoms with van der Waals surface area (Å²) >= 11 is 0. The lowest BCUT2D eigenvalue weighted by Crippen LogP contribution is -2.50. The third kappa shape index (κ3) is 2.89. The number of hydrogen-bond acceptors (Lipinski definition) is 3. The van der Waals surface area contributed by atoms with E-state index < -0.39 is 0 Å². The highest BCUT2D eigenvalue weighted by atomic mass is 16.6. The quantitative estimate of drug-likeness (QED) is 0.796. The Morgan fingerprint density at radius 3 is 2.43 bits per heavy atom. The lowest BCUT2D eigenvalue weighted by atomic mass is 9.81. The summed E-state index contributed by atoms with van der Waals surface area (Å²) in [5.41, 5.74) is 2.93. The fraction of sp³-hybridized carbons (Fsp3) is 0.350. The lowest BCUT2D eigenvalue weighted by molar-refractivity contribution is -0.0575. The molecule has 0 radical (unpaired) electrons. The van der Waals surface area contributed by atoms with Crippen LogP contribution in [0, 0.1) is 0 Å². The Labute approximate surface area is 136 Å². The van der Waals surface area contributed by atoms with Crippen LogP contribution in [0.1, 0.15) is 34.3 Å². The highest BCUT2D eigenvalue weighted by molar-refractivity contribution is 5.92. The number of carbonyl (C=O) groups excluding carboxylic acids is 1. The van der Waals surface area contributed by atoms with Gasteiger partial charge in [0.1, 0.15) is 5.60 Å². The Morgan fingerprint density at radius 1 is 0.957 bits per heavy atom. The number of fused-ring (bicyclic) bond motifs is 1. The predicted octanol–water partition coefficient (Wildman–Crippen LogP) is 3.43. The van der Waals surface area contributed by atoms with E-state index in [-0.39, 0.29) is 11.6 Å². The van der Waals surface area contributed by atoms with Gasteiger partial charge in [-0.25, -0.2) is 4.79 Å². The van der Waals surface area contributed by atoms with Crippen LogP contribution in [0.3, 0.4) is 0 Å². The van der Waals surface area contributed by atoms with Gasteiger partial charge < -0.3 is 4.74 Å². The molecule has 2 aromatic rings. The van der Waals surface area contributed by atoms with E-state index in [0.717, 1.165) is 50.0 Å². The van der Waals surface area contributed by atoms with E-state index >= 15 is 0 Å². The van der Waals surface area contributed by atoms with Gasteiger partial charge in [-0.2, -0.15) is 0 Å². The lowest BCUT2D eigenvalue weighted by Gasteiger charge is -2.43. The second-order valence-electron chi connectivity index (χ2n) is 6.67. The number of rotatable bonds is 2. The van der Waals surface area contributed by atoms with Crippen molar-refractivity contribution in [2.24, 2.45) is 0 Å². The number of piperidine rings is 1. The van der Waals surface area contributed by atoms with Crippen LogP contribution >= 0.6 is 0 Å². The summed E-state index contributed by atoms with van der Waals surface area (Å²) in [7, 11) is 0. The molecule has 0 N–H and O–H groups in total. The van der Waals surface area contributed by atoms with Gasteiger partial charge in [-0.1, -0.05) is 48.5 Å². The van der Waals surface area contributed by atoms with Crippen molar-refractivity contribution in [3.05, 3.63) is 71.3 Å². The normalized spacial score (nSPS) is 20.1. The minimum Gasteiger partial charge on any atom is -0.455 e. The fourth-order valence-corrected chi connectivity index (χ4v) is 3.75. The summed E-state index contributed by atoms with van der Waals surface area (Å²) < 4.78 is 5.87. The molecule has 0 bridgehead atoms. The van der Waals surface area contributed by atoms with E-state index in [2.05, 4.69) is 35.2 Å². The van der Waals surface area contributed by atoms with Crippen molar-refractivity contribution in [1.29, 1.82) is 0 Å². The number of likely N-dealkylation sites (tertiary alicyclic amines) is 1. The maximum Gasteiger partial charge on any atom is 0.338 e. The Kier molecular flexibility index (Phi) is 3.66. The zero-order valence-corrected chi connectivity index (χ0v) is 13.2. The third-order valence-electron chi connectivity index (χ3n) is 5.08. The summed E-state index contributed by atoms with van der Waals surface area (Å²) in [4.78, 5) is 14.7. The zero-order chi connectivity index (χ0) is 15.7. The molecular formula is C20H21NO2. The monoisotopic (exact) mass is 307 g/mol. The minimum atomic E-state index is -0.293. The second-order valence-corrected chi connectivity index (χ2v) is 6.67. The molecule has 0 aliphatic carbocycles. The molecule has 4 rings (SSSR count). The third-order valence-corrected chi connectivity index (χ3v) is 5.08. The summed E-state index contributed by atoms with van der Waals surface area (Å²) in [6.07, 6.45) is 2.69. The molecule has 1 saturated heterocycles.